The largest absolute Gasteiger partial charge is 0.270 e. The van der Waals surface area contributed by atoms with Gasteiger partial charge in [-0.1, -0.05) is 33.8 Å². The molecule has 2 aromatic heterocycles. The van der Waals surface area contributed by atoms with Gasteiger partial charge < -0.3 is 0 Å². The lowest BCUT2D eigenvalue weighted by Gasteiger charge is -2.11. The Morgan fingerprint density at radius 3 is 2.25 bits per heavy atom. The number of nitrogens with zero attached hydrogens (tertiary/aromatic N) is 4. The van der Waals surface area contributed by atoms with Crippen molar-refractivity contribution >= 4 is 27.7 Å². The third-order valence-corrected chi connectivity index (χ3v) is 5.55. The van der Waals surface area contributed by atoms with Gasteiger partial charge in [0, 0.05) is 39.4 Å². The summed E-state index contributed by atoms with van der Waals surface area (Å²) in [7, 11) is 0. The molecule has 2 heterocycles. The molecule has 0 amide bonds. The van der Waals surface area contributed by atoms with Crippen molar-refractivity contribution in [2.75, 3.05) is 0 Å². The normalized spacial score (nSPS) is 11.0. The predicted molar refractivity (Wildman–Crippen MR) is 108 cm³/mol. The van der Waals surface area contributed by atoms with Gasteiger partial charge in [-0.2, -0.15) is 0 Å². The minimum absolute atomic E-state index is 0.0170. The number of halogens is 3. The molecule has 0 atom stereocenters. The Morgan fingerprint density at radius 2 is 1.57 bits per heavy atom. The maximum atomic E-state index is 14.0. The molecule has 0 saturated heterocycles. The quantitative estimate of drug-likeness (QED) is 0.361. The molecule has 2 aromatic carbocycles. The van der Waals surface area contributed by atoms with Crippen molar-refractivity contribution < 1.29 is 8.78 Å². The van der Waals surface area contributed by atoms with Crippen molar-refractivity contribution in [1.29, 1.82) is 0 Å². The molecule has 0 aliphatic rings. The zero-order chi connectivity index (χ0) is 19.5. The highest BCUT2D eigenvalue weighted by Crippen LogP contribution is 2.31. The van der Waals surface area contributed by atoms with Crippen LogP contribution in [0.5, 0.6) is 0 Å². The van der Waals surface area contributed by atoms with E-state index in [9.17, 15) is 8.78 Å². The summed E-state index contributed by atoms with van der Waals surface area (Å²) >= 11 is 4.66. The maximum Gasteiger partial charge on any atom is 0.196 e. The number of pyridine rings is 1. The Bertz CT molecular complexity index is 1080. The van der Waals surface area contributed by atoms with Crippen LogP contribution in [0, 0.1) is 11.6 Å². The Kier molecular flexibility index (Phi) is 5.50. The number of hydrogen-bond donors (Lipinski definition) is 0. The van der Waals surface area contributed by atoms with Crippen LogP contribution in [0.2, 0.25) is 0 Å². The highest BCUT2D eigenvalue weighted by molar-refractivity contribution is 9.10. The molecule has 0 fully saturated rings. The third kappa shape index (κ3) is 3.83. The molecule has 0 unspecified atom stereocenters. The van der Waals surface area contributed by atoms with Crippen LogP contribution in [-0.2, 0) is 5.75 Å². The summed E-state index contributed by atoms with van der Waals surface area (Å²) in [6.07, 6.45) is 3.36. The van der Waals surface area contributed by atoms with Crippen molar-refractivity contribution in [3.8, 4) is 17.1 Å². The molecule has 0 spiro atoms. The first kappa shape index (κ1) is 18.8. The fourth-order valence-corrected chi connectivity index (χ4v) is 3.91. The number of thioether (sulfide) groups is 1. The third-order valence-electron chi connectivity index (χ3n) is 4.06. The summed E-state index contributed by atoms with van der Waals surface area (Å²) in [5.74, 6) is -0.418. The average Bonchev–Trinajstić information content (AvgIpc) is 3.13. The van der Waals surface area contributed by atoms with E-state index in [2.05, 4.69) is 31.1 Å². The first-order chi connectivity index (χ1) is 13.6. The number of aromatic nitrogens is 4. The molecule has 4 nitrogen and oxygen atoms in total. The lowest BCUT2D eigenvalue weighted by atomic mass is 10.2. The molecule has 0 aliphatic heterocycles. The van der Waals surface area contributed by atoms with Gasteiger partial charge in [0.05, 0.1) is 0 Å². The molecule has 140 valence electrons. The van der Waals surface area contributed by atoms with Gasteiger partial charge in [0.25, 0.3) is 0 Å². The molecule has 0 saturated carbocycles. The van der Waals surface area contributed by atoms with Gasteiger partial charge in [-0.05, 0) is 48.5 Å². The first-order valence-electron chi connectivity index (χ1n) is 8.31. The number of rotatable bonds is 5. The topological polar surface area (TPSA) is 43.6 Å². The van der Waals surface area contributed by atoms with Gasteiger partial charge in [0.1, 0.15) is 11.6 Å². The van der Waals surface area contributed by atoms with Gasteiger partial charge in [-0.3, -0.25) is 9.55 Å². The fourth-order valence-electron chi connectivity index (χ4n) is 2.68. The zero-order valence-corrected chi connectivity index (χ0v) is 16.8. The molecule has 0 N–H and O–H groups in total. The van der Waals surface area contributed by atoms with Crippen LogP contribution in [0.1, 0.15) is 5.56 Å². The number of hydrogen-bond acceptors (Lipinski definition) is 4. The van der Waals surface area contributed by atoms with E-state index < -0.39 is 11.6 Å². The summed E-state index contributed by atoms with van der Waals surface area (Å²) in [5, 5.41) is 9.11. The molecule has 4 rings (SSSR count). The summed E-state index contributed by atoms with van der Waals surface area (Å²) in [4.78, 5) is 4.03. The van der Waals surface area contributed by atoms with Crippen LogP contribution < -0.4 is 0 Å². The van der Waals surface area contributed by atoms with E-state index in [1.54, 1.807) is 12.4 Å². The second-order valence-electron chi connectivity index (χ2n) is 5.84. The smallest absolute Gasteiger partial charge is 0.196 e. The van der Waals surface area contributed by atoms with Gasteiger partial charge in [-0.15, -0.1) is 10.2 Å². The monoisotopic (exact) mass is 458 g/mol. The molecule has 28 heavy (non-hydrogen) atoms. The molecule has 8 heteroatoms. The molecule has 0 radical (unpaired) electrons. The summed E-state index contributed by atoms with van der Waals surface area (Å²) < 4.78 is 30.8. The van der Waals surface area contributed by atoms with Crippen molar-refractivity contribution in [2.24, 2.45) is 0 Å². The van der Waals surface area contributed by atoms with Crippen LogP contribution in [0.4, 0.5) is 8.78 Å². The first-order valence-corrected chi connectivity index (χ1v) is 10.1. The second-order valence-corrected chi connectivity index (χ2v) is 7.70. The maximum absolute atomic E-state index is 14.0. The van der Waals surface area contributed by atoms with E-state index in [0.29, 0.717) is 11.0 Å². The summed E-state index contributed by atoms with van der Waals surface area (Å²) in [6.45, 7) is 0. The zero-order valence-electron chi connectivity index (χ0n) is 14.4. The van der Waals surface area contributed by atoms with Crippen molar-refractivity contribution in [3.05, 3.63) is 88.7 Å². The molecular formula is C20H13BrF2N4S. The van der Waals surface area contributed by atoms with Crippen LogP contribution >= 0.6 is 27.7 Å². The lowest BCUT2D eigenvalue weighted by molar-refractivity contribution is 0.566. The fraction of sp³-hybridized carbons (Fsp3) is 0.0500. The van der Waals surface area contributed by atoms with E-state index in [1.165, 1.54) is 30.0 Å². The standard InChI is InChI=1S/C20H13BrF2N4S/c21-14-4-6-15(7-5-14)27-19(13-8-10-24-11-9-13)25-26-20(27)28-12-16-17(22)2-1-3-18(16)23/h1-11H,12H2. The van der Waals surface area contributed by atoms with Crippen LogP contribution in [0.25, 0.3) is 17.1 Å². The molecular weight excluding hydrogens is 446 g/mol. The summed E-state index contributed by atoms with van der Waals surface area (Å²) in [6, 6.07) is 15.2. The van der Waals surface area contributed by atoms with E-state index in [-0.39, 0.29) is 11.3 Å². The van der Waals surface area contributed by atoms with Gasteiger partial charge >= 0.3 is 0 Å². The minimum Gasteiger partial charge on any atom is -0.270 e. The molecule has 0 aliphatic carbocycles. The van der Waals surface area contributed by atoms with Gasteiger partial charge in [0.15, 0.2) is 11.0 Å². The SMILES string of the molecule is Fc1cccc(F)c1CSc1nnc(-c2ccncc2)n1-c1ccc(Br)cc1. The van der Waals surface area contributed by atoms with E-state index in [4.69, 9.17) is 0 Å². The van der Waals surface area contributed by atoms with Crippen molar-refractivity contribution in [3.63, 3.8) is 0 Å². The average molecular weight is 459 g/mol. The van der Waals surface area contributed by atoms with E-state index in [0.717, 1.165) is 15.7 Å². The van der Waals surface area contributed by atoms with E-state index >= 15 is 0 Å². The minimum atomic E-state index is -0.573. The lowest BCUT2D eigenvalue weighted by Crippen LogP contribution is -2.00. The Labute approximate surface area is 172 Å². The highest BCUT2D eigenvalue weighted by Gasteiger charge is 2.18. The Balaban J connectivity index is 1.75. The van der Waals surface area contributed by atoms with Gasteiger partial charge in [0.2, 0.25) is 0 Å². The molecule has 4 aromatic rings. The highest BCUT2D eigenvalue weighted by atomic mass is 79.9. The summed E-state index contributed by atoms with van der Waals surface area (Å²) in [5.41, 5.74) is 1.70. The molecule has 0 bridgehead atoms. The number of benzene rings is 2. The van der Waals surface area contributed by atoms with Crippen LogP contribution in [0.3, 0.4) is 0 Å². The second kappa shape index (κ2) is 8.20. The Hall–Kier alpha value is -2.58. The van der Waals surface area contributed by atoms with Crippen LogP contribution in [0.15, 0.2) is 76.6 Å². The van der Waals surface area contributed by atoms with Gasteiger partial charge in [-0.25, -0.2) is 8.78 Å². The van der Waals surface area contributed by atoms with Crippen LogP contribution in [-0.4, -0.2) is 19.7 Å². The predicted octanol–water partition coefficient (Wildman–Crippen LogP) is 5.66. The van der Waals surface area contributed by atoms with E-state index in [1.807, 2.05) is 41.0 Å². The Morgan fingerprint density at radius 1 is 0.893 bits per heavy atom. The van der Waals surface area contributed by atoms with Crippen molar-refractivity contribution in [1.82, 2.24) is 19.7 Å². The van der Waals surface area contributed by atoms with Crippen molar-refractivity contribution in [2.45, 2.75) is 10.9 Å².